The van der Waals surface area contributed by atoms with Gasteiger partial charge in [-0.3, -0.25) is 9.59 Å². The van der Waals surface area contributed by atoms with Crippen LogP contribution in [0, 0.1) is 6.92 Å². The fourth-order valence-corrected chi connectivity index (χ4v) is 4.65. The number of fused-ring (bicyclic) bond motifs is 2. The Balaban J connectivity index is 1.67. The molecule has 0 atom stereocenters. The van der Waals surface area contributed by atoms with Crippen LogP contribution in [0.15, 0.2) is 18.2 Å². The molecule has 4 rings (SSSR count). The van der Waals surface area contributed by atoms with E-state index < -0.39 is 5.91 Å². The molecule has 0 aliphatic heterocycles. The maximum atomic E-state index is 12.7. The third kappa shape index (κ3) is 2.80. The van der Waals surface area contributed by atoms with Crippen molar-refractivity contribution in [2.45, 2.75) is 32.6 Å². The van der Waals surface area contributed by atoms with Crippen molar-refractivity contribution in [2.24, 2.45) is 5.73 Å². The summed E-state index contributed by atoms with van der Waals surface area (Å²) in [5, 5.41) is 3.44. The minimum Gasteiger partial charge on any atom is -0.365 e. The number of carbonyl (C=O) groups is 2. The lowest BCUT2D eigenvalue weighted by molar-refractivity contribution is 0.100. The average Bonchev–Trinajstić information content (AvgIpc) is 3.12. The van der Waals surface area contributed by atoms with Crippen LogP contribution in [0.2, 0.25) is 0 Å². The number of rotatable bonds is 3. The number of nitrogens with zero attached hydrogens (tertiary/aromatic N) is 1. The van der Waals surface area contributed by atoms with Crippen LogP contribution in [0.1, 0.15) is 49.8 Å². The highest BCUT2D eigenvalue weighted by atomic mass is 32.1. The molecule has 25 heavy (non-hydrogen) atoms. The molecule has 0 unspecified atom stereocenters. The third-order valence-corrected chi connectivity index (χ3v) is 5.72. The van der Waals surface area contributed by atoms with Crippen molar-refractivity contribution in [2.75, 3.05) is 5.32 Å². The molecule has 2 aromatic heterocycles. The topological polar surface area (TPSA) is 101 Å². The summed E-state index contributed by atoms with van der Waals surface area (Å²) in [6.07, 6.45) is 3.94. The lowest BCUT2D eigenvalue weighted by Crippen LogP contribution is -2.18. The Morgan fingerprint density at radius 1 is 1.28 bits per heavy atom. The fraction of sp³-hybridized carbons (Fsp3) is 0.278. The molecule has 0 bridgehead atoms. The number of carbonyl (C=O) groups excluding carboxylic acids is 2. The summed E-state index contributed by atoms with van der Waals surface area (Å²) in [5.41, 5.74) is 9.19. The predicted octanol–water partition coefficient (Wildman–Crippen LogP) is 3.16. The first-order valence-electron chi connectivity index (χ1n) is 8.25. The highest BCUT2D eigenvalue weighted by Gasteiger charge is 2.25. The number of thiophene rings is 1. The van der Waals surface area contributed by atoms with Gasteiger partial charge in [-0.1, -0.05) is 0 Å². The van der Waals surface area contributed by atoms with Gasteiger partial charge < -0.3 is 16.0 Å². The molecule has 0 radical (unpaired) electrons. The van der Waals surface area contributed by atoms with Crippen molar-refractivity contribution in [1.29, 1.82) is 0 Å². The Morgan fingerprint density at radius 3 is 2.88 bits per heavy atom. The van der Waals surface area contributed by atoms with Crippen LogP contribution in [0.5, 0.6) is 0 Å². The molecular formula is C18H18N4O2S. The SMILES string of the molecule is Cc1nc2cc(C(=O)Nc3sc4c(c3C(N)=O)CCCC4)ccc2[nH]1. The summed E-state index contributed by atoms with van der Waals surface area (Å²) in [6, 6.07) is 5.32. The van der Waals surface area contributed by atoms with Crippen LogP contribution in [0.3, 0.4) is 0 Å². The minimum absolute atomic E-state index is 0.261. The number of hydrogen-bond acceptors (Lipinski definition) is 4. The summed E-state index contributed by atoms with van der Waals surface area (Å²) >= 11 is 1.47. The Bertz CT molecular complexity index is 1000. The Morgan fingerprint density at radius 2 is 2.08 bits per heavy atom. The number of hydrogen-bond donors (Lipinski definition) is 3. The molecule has 0 saturated heterocycles. The first-order valence-corrected chi connectivity index (χ1v) is 9.06. The second-order valence-corrected chi connectivity index (χ2v) is 7.39. The molecule has 7 heteroatoms. The number of aromatic nitrogens is 2. The van der Waals surface area contributed by atoms with Gasteiger partial charge in [0.05, 0.1) is 16.6 Å². The molecule has 2 heterocycles. The molecule has 0 saturated carbocycles. The van der Waals surface area contributed by atoms with Gasteiger partial charge in [0.25, 0.3) is 11.8 Å². The Kier molecular flexibility index (Phi) is 3.80. The predicted molar refractivity (Wildman–Crippen MR) is 98.3 cm³/mol. The van der Waals surface area contributed by atoms with E-state index in [0.717, 1.165) is 53.0 Å². The van der Waals surface area contributed by atoms with Crippen molar-refractivity contribution in [3.63, 3.8) is 0 Å². The third-order valence-electron chi connectivity index (χ3n) is 4.51. The molecule has 1 aromatic carbocycles. The Hall–Kier alpha value is -2.67. The van der Waals surface area contributed by atoms with Gasteiger partial charge in [-0.25, -0.2) is 4.98 Å². The molecule has 1 aliphatic rings. The lowest BCUT2D eigenvalue weighted by Gasteiger charge is -2.11. The van der Waals surface area contributed by atoms with Gasteiger partial charge in [0.2, 0.25) is 0 Å². The van der Waals surface area contributed by atoms with Gasteiger partial charge in [-0.2, -0.15) is 0 Å². The van der Waals surface area contributed by atoms with E-state index in [2.05, 4.69) is 15.3 Å². The largest absolute Gasteiger partial charge is 0.365 e. The van der Waals surface area contributed by atoms with E-state index in [9.17, 15) is 9.59 Å². The van der Waals surface area contributed by atoms with Crippen molar-refractivity contribution in [3.8, 4) is 0 Å². The molecule has 3 aromatic rings. The first kappa shape index (κ1) is 15.8. The highest BCUT2D eigenvalue weighted by Crippen LogP contribution is 2.38. The van der Waals surface area contributed by atoms with Gasteiger partial charge in [0.15, 0.2) is 0 Å². The van der Waals surface area contributed by atoms with E-state index in [1.165, 1.54) is 11.3 Å². The van der Waals surface area contributed by atoms with Gasteiger partial charge in [-0.15, -0.1) is 11.3 Å². The van der Waals surface area contributed by atoms with Crippen LogP contribution in [0.25, 0.3) is 11.0 Å². The van der Waals surface area contributed by atoms with Crippen LogP contribution >= 0.6 is 11.3 Å². The maximum Gasteiger partial charge on any atom is 0.256 e. The minimum atomic E-state index is -0.479. The quantitative estimate of drug-likeness (QED) is 0.673. The Labute approximate surface area is 148 Å². The number of H-pyrrole nitrogens is 1. The lowest BCUT2D eigenvalue weighted by atomic mass is 9.95. The zero-order chi connectivity index (χ0) is 17.6. The summed E-state index contributed by atoms with van der Waals surface area (Å²) in [4.78, 5) is 33.2. The standard InChI is InChI=1S/C18H18N4O2S/c1-9-20-12-7-6-10(8-13(12)21-9)17(24)22-18-15(16(19)23)11-4-2-3-5-14(11)25-18/h6-8H,2-5H2,1H3,(H2,19,23)(H,20,21)(H,22,24). The second-order valence-electron chi connectivity index (χ2n) is 6.29. The number of nitrogens with two attached hydrogens (primary N) is 1. The van der Waals surface area contributed by atoms with Gasteiger partial charge in [-0.05, 0) is 56.4 Å². The van der Waals surface area contributed by atoms with Gasteiger partial charge >= 0.3 is 0 Å². The molecular weight excluding hydrogens is 336 g/mol. The molecule has 2 amide bonds. The van der Waals surface area contributed by atoms with Gasteiger partial charge in [0.1, 0.15) is 10.8 Å². The fourth-order valence-electron chi connectivity index (χ4n) is 3.36. The summed E-state index contributed by atoms with van der Waals surface area (Å²) in [7, 11) is 0. The zero-order valence-corrected chi connectivity index (χ0v) is 14.6. The molecule has 128 valence electrons. The van der Waals surface area contributed by atoms with Crippen LogP contribution < -0.4 is 11.1 Å². The van der Waals surface area contributed by atoms with Crippen molar-refractivity contribution in [3.05, 3.63) is 45.6 Å². The molecule has 1 aliphatic carbocycles. The zero-order valence-electron chi connectivity index (χ0n) is 13.8. The van der Waals surface area contributed by atoms with Crippen molar-refractivity contribution in [1.82, 2.24) is 9.97 Å². The van der Waals surface area contributed by atoms with E-state index >= 15 is 0 Å². The number of benzene rings is 1. The molecule has 0 spiro atoms. The number of anilines is 1. The summed E-state index contributed by atoms with van der Waals surface area (Å²) in [5.74, 6) is 0.0613. The second kappa shape index (κ2) is 6.00. The van der Waals surface area contributed by atoms with E-state index in [0.29, 0.717) is 16.1 Å². The van der Waals surface area contributed by atoms with Crippen LogP contribution in [-0.2, 0) is 12.8 Å². The van der Waals surface area contributed by atoms with Crippen molar-refractivity contribution >= 4 is 39.2 Å². The molecule has 6 nitrogen and oxygen atoms in total. The molecule has 0 fully saturated rings. The normalized spacial score (nSPS) is 13.6. The molecule has 4 N–H and O–H groups in total. The highest BCUT2D eigenvalue weighted by molar-refractivity contribution is 7.17. The van der Waals surface area contributed by atoms with E-state index in [4.69, 9.17) is 5.73 Å². The number of aromatic amines is 1. The number of aryl methyl sites for hydroxylation is 2. The van der Waals surface area contributed by atoms with E-state index in [1.54, 1.807) is 12.1 Å². The van der Waals surface area contributed by atoms with Crippen LogP contribution in [-0.4, -0.2) is 21.8 Å². The van der Waals surface area contributed by atoms with E-state index in [1.807, 2.05) is 13.0 Å². The number of imidazole rings is 1. The smallest absolute Gasteiger partial charge is 0.256 e. The maximum absolute atomic E-state index is 12.7. The number of primary amides is 1. The van der Waals surface area contributed by atoms with Crippen LogP contribution in [0.4, 0.5) is 5.00 Å². The van der Waals surface area contributed by atoms with Gasteiger partial charge in [0, 0.05) is 10.4 Å². The summed E-state index contributed by atoms with van der Waals surface area (Å²) < 4.78 is 0. The first-order chi connectivity index (χ1) is 12.0. The number of amides is 2. The monoisotopic (exact) mass is 354 g/mol. The summed E-state index contributed by atoms with van der Waals surface area (Å²) in [6.45, 7) is 1.87. The average molecular weight is 354 g/mol. The van der Waals surface area contributed by atoms with E-state index in [-0.39, 0.29) is 5.91 Å². The van der Waals surface area contributed by atoms with Crippen molar-refractivity contribution < 1.29 is 9.59 Å². The number of nitrogens with one attached hydrogen (secondary N) is 2.